The first-order valence-electron chi connectivity index (χ1n) is 8.21. The van der Waals surface area contributed by atoms with Crippen molar-refractivity contribution in [2.24, 2.45) is 17.8 Å². The van der Waals surface area contributed by atoms with E-state index in [2.05, 4.69) is 11.9 Å². The van der Waals surface area contributed by atoms with Crippen molar-refractivity contribution in [3.63, 3.8) is 0 Å². The molecule has 0 spiro atoms. The highest BCUT2D eigenvalue weighted by molar-refractivity contribution is 5.82. The number of hydrogen-bond acceptors (Lipinski definition) is 3. The van der Waals surface area contributed by atoms with Crippen molar-refractivity contribution in [3.8, 4) is 0 Å². The molecule has 2 unspecified atom stereocenters. The summed E-state index contributed by atoms with van der Waals surface area (Å²) in [5.41, 5.74) is 0.561. The molecule has 4 fully saturated rings. The largest absolute Gasteiger partial charge is 0.446 e. The molecular weight excluding hydrogens is 280 g/mol. The van der Waals surface area contributed by atoms with Crippen LogP contribution in [-0.2, 0) is 9.53 Å². The molecule has 2 heterocycles. The average molecular weight is 306 g/mol. The van der Waals surface area contributed by atoms with E-state index in [-0.39, 0.29) is 41.4 Å². The Morgan fingerprint density at radius 2 is 1.82 bits per heavy atom. The van der Waals surface area contributed by atoms with E-state index in [1.165, 1.54) is 0 Å². The summed E-state index contributed by atoms with van der Waals surface area (Å²) >= 11 is 0. The molecule has 0 aromatic rings. The number of amides is 2. The molecule has 1 N–H and O–H groups in total. The molecule has 4 rings (SSSR count). The summed E-state index contributed by atoms with van der Waals surface area (Å²) in [7, 11) is 0. The maximum absolute atomic E-state index is 12.5. The first-order valence-corrected chi connectivity index (χ1v) is 8.21. The van der Waals surface area contributed by atoms with Gasteiger partial charge in [0.05, 0.1) is 5.54 Å². The molecule has 0 radical (unpaired) electrons. The van der Waals surface area contributed by atoms with Crippen LogP contribution in [0.5, 0.6) is 0 Å². The van der Waals surface area contributed by atoms with Crippen LogP contribution in [0.4, 0.5) is 4.79 Å². The third-order valence-corrected chi connectivity index (χ3v) is 5.39. The highest BCUT2D eigenvalue weighted by Crippen LogP contribution is 2.46. The minimum Gasteiger partial charge on any atom is -0.446 e. The maximum atomic E-state index is 12.5. The van der Waals surface area contributed by atoms with Crippen LogP contribution in [0.25, 0.3) is 0 Å². The van der Waals surface area contributed by atoms with Gasteiger partial charge in [0.1, 0.15) is 6.10 Å². The number of nitrogens with one attached hydrogen (secondary N) is 1. The molecule has 3 atom stereocenters. The van der Waals surface area contributed by atoms with E-state index in [4.69, 9.17) is 4.74 Å². The summed E-state index contributed by atoms with van der Waals surface area (Å²) in [6, 6.07) is 0. The van der Waals surface area contributed by atoms with Crippen LogP contribution in [0.1, 0.15) is 40.0 Å². The minimum atomic E-state index is -0.383. The van der Waals surface area contributed by atoms with Crippen molar-refractivity contribution in [1.29, 1.82) is 0 Å². The van der Waals surface area contributed by atoms with Crippen molar-refractivity contribution in [1.82, 2.24) is 10.2 Å². The molecule has 2 amide bonds. The summed E-state index contributed by atoms with van der Waals surface area (Å²) < 4.78 is 5.35. The molecule has 122 valence electrons. The van der Waals surface area contributed by atoms with Crippen LogP contribution in [0.3, 0.4) is 0 Å². The molecule has 4 aliphatic rings. The van der Waals surface area contributed by atoms with Gasteiger partial charge in [-0.3, -0.25) is 4.79 Å². The van der Waals surface area contributed by atoms with Crippen molar-refractivity contribution in [2.45, 2.75) is 51.7 Å². The fourth-order valence-corrected chi connectivity index (χ4v) is 3.37. The highest BCUT2D eigenvalue weighted by Gasteiger charge is 2.52. The van der Waals surface area contributed by atoms with E-state index in [0.717, 1.165) is 24.8 Å². The lowest BCUT2D eigenvalue weighted by Crippen LogP contribution is -2.62. The summed E-state index contributed by atoms with van der Waals surface area (Å²) in [6.45, 7) is 11.1. The van der Waals surface area contributed by atoms with E-state index < -0.39 is 0 Å². The molecule has 5 heteroatoms. The number of piperidine rings is 2. The van der Waals surface area contributed by atoms with E-state index in [1.807, 2.05) is 20.8 Å². The Kier molecular flexibility index (Phi) is 3.69. The molecule has 2 saturated heterocycles. The van der Waals surface area contributed by atoms with Gasteiger partial charge in [0.15, 0.2) is 0 Å². The van der Waals surface area contributed by atoms with Gasteiger partial charge in [-0.05, 0) is 51.9 Å². The summed E-state index contributed by atoms with van der Waals surface area (Å²) in [6.07, 6.45) is 2.97. The Morgan fingerprint density at radius 3 is 2.32 bits per heavy atom. The smallest absolute Gasteiger partial charge is 0.410 e. The van der Waals surface area contributed by atoms with Crippen LogP contribution in [0.2, 0.25) is 0 Å². The monoisotopic (exact) mass is 306 g/mol. The zero-order valence-corrected chi connectivity index (χ0v) is 13.7. The number of carbonyl (C=O) groups excluding carboxylic acids is 2. The van der Waals surface area contributed by atoms with Crippen molar-refractivity contribution in [2.75, 3.05) is 13.1 Å². The van der Waals surface area contributed by atoms with E-state index in [0.29, 0.717) is 13.1 Å². The molecule has 2 aliphatic carbocycles. The van der Waals surface area contributed by atoms with Crippen molar-refractivity contribution >= 4 is 12.0 Å². The Hall–Kier alpha value is -1.52. The van der Waals surface area contributed by atoms with Crippen molar-refractivity contribution < 1.29 is 14.3 Å². The van der Waals surface area contributed by atoms with Gasteiger partial charge in [0, 0.05) is 19.0 Å². The number of hydrogen-bond donors (Lipinski definition) is 1. The number of fused-ring (bicyclic) bond motifs is 2. The first-order chi connectivity index (χ1) is 10.3. The van der Waals surface area contributed by atoms with Crippen LogP contribution in [0.15, 0.2) is 12.2 Å². The van der Waals surface area contributed by atoms with Gasteiger partial charge < -0.3 is 15.0 Å². The fraction of sp³-hybridized carbons (Fsp3) is 0.765. The Balaban J connectivity index is 1.55. The second-order valence-corrected chi connectivity index (χ2v) is 7.66. The predicted molar refractivity (Wildman–Crippen MR) is 83.2 cm³/mol. The lowest BCUT2D eigenvalue weighted by atomic mass is 9.61. The Labute approximate surface area is 132 Å². The van der Waals surface area contributed by atoms with Gasteiger partial charge in [0.2, 0.25) is 5.91 Å². The van der Waals surface area contributed by atoms with Gasteiger partial charge >= 0.3 is 6.09 Å². The standard InChI is InChI=1S/C17H26N2O3/c1-10(2)17(3,4)18-15(20)14-11-7-12(14)9-19(8-11)16(21)22-13-5-6-13/h11-14H,1,5-9H2,2-4H3,(H,18,20)/t11-,12?,14?/m0/s1. The molecule has 0 aromatic heterocycles. The van der Waals surface area contributed by atoms with Gasteiger partial charge in [-0.2, -0.15) is 0 Å². The SMILES string of the molecule is C=C(C)C(C)(C)NC(=O)C1C2C[C@H]1CN(C(=O)OC1CC1)C2. The molecule has 2 bridgehead atoms. The van der Waals surface area contributed by atoms with E-state index >= 15 is 0 Å². The molecule has 5 nitrogen and oxygen atoms in total. The minimum absolute atomic E-state index is 0.0311. The number of nitrogens with zero attached hydrogens (tertiary/aromatic N) is 1. The summed E-state index contributed by atoms with van der Waals surface area (Å²) in [5, 5.41) is 3.10. The van der Waals surface area contributed by atoms with Gasteiger partial charge in [-0.15, -0.1) is 0 Å². The Bertz CT molecular complexity index is 498. The van der Waals surface area contributed by atoms with Gasteiger partial charge in [-0.25, -0.2) is 4.79 Å². The number of ether oxygens (including phenoxy) is 1. The van der Waals surface area contributed by atoms with Gasteiger partial charge in [0.25, 0.3) is 0 Å². The van der Waals surface area contributed by atoms with Crippen LogP contribution in [0, 0.1) is 17.8 Å². The lowest BCUT2D eigenvalue weighted by molar-refractivity contribution is -0.142. The molecule has 0 aromatic carbocycles. The zero-order valence-electron chi connectivity index (χ0n) is 13.7. The molecular formula is C17H26N2O3. The van der Waals surface area contributed by atoms with E-state index in [9.17, 15) is 9.59 Å². The highest BCUT2D eigenvalue weighted by atomic mass is 16.6. The summed E-state index contributed by atoms with van der Waals surface area (Å²) in [5.74, 6) is 0.672. The molecule has 2 saturated carbocycles. The van der Waals surface area contributed by atoms with Gasteiger partial charge in [-0.1, -0.05) is 12.2 Å². The molecule has 2 aliphatic heterocycles. The number of rotatable bonds is 4. The second kappa shape index (κ2) is 5.28. The predicted octanol–water partition coefficient (Wildman–Crippen LogP) is 2.32. The summed E-state index contributed by atoms with van der Waals surface area (Å²) in [4.78, 5) is 26.3. The van der Waals surface area contributed by atoms with Crippen LogP contribution < -0.4 is 5.32 Å². The normalized spacial score (nSPS) is 30.3. The Morgan fingerprint density at radius 1 is 1.23 bits per heavy atom. The third kappa shape index (κ3) is 2.85. The fourth-order valence-electron chi connectivity index (χ4n) is 3.37. The topological polar surface area (TPSA) is 58.6 Å². The lowest BCUT2D eigenvalue weighted by Gasteiger charge is -2.52. The third-order valence-electron chi connectivity index (χ3n) is 5.39. The van der Waals surface area contributed by atoms with E-state index in [1.54, 1.807) is 4.90 Å². The zero-order chi connectivity index (χ0) is 16.1. The maximum Gasteiger partial charge on any atom is 0.410 e. The molecule has 22 heavy (non-hydrogen) atoms. The van der Waals surface area contributed by atoms with Crippen LogP contribution >= 0.6 is 0 Å². The van der Waals surface area contributed by atoms with Crippen LogP contribution in [-0.4, -0.2) is 41.6 Å². The average Bonchev–Trinajstić information content (AvgIpc) is 3.21. The number of carbonyl (C=O) groups is 2. The van der Waals surface area contributed by atoms with Crippen molar-refractivity contribution in [3.05, 3.63) is 12.2 Å². The first kappa shape index (κ1) is 15.4. The quantitative estimate of drug-likeness (QED) is 0.811. The second-order valence-electron chi connectivity index (χ2n) is 7.66.